The molecule has 2 fully saturated rings. The third-order valence-corrected chi connectivity index (χ3v) is 5.03. The Labute approximate surface area is 140 Å². The van der Waals surface area contributed by atoms with Crippen molar-refractivity contribution in [1.82, 2.24) is 20.1 Å². The lowest BCUT2D eigenvalue weighted by molar-refractivity contribution is 0.123. The largest absolute Gasteiger partial charge is 0.380 e. The van der Waals surface area contributed by atoms with Crippen molar-refractivity contribution in [3.63, 3.8) is 0 Å². The lowest BCUT2D eigenvalue weighted by Crippen LogP contribution is -2.47. The minimum absolute atomic E-state index is 0.364. The van der Waals surface area contributed by atoms with Gasteiger partial charge in [0, 0.05) is 48.4 Å². The molecule has 0 spiro atoms. The number of nitrogens with zero attached hydrogens (tertiary/aromatic N) is 4. The Bertz CT molecular complexity index is 691. The Kier molecular flexibility index (Phi) is 4.29. The van der Waals surface area contributed by atoms with Gasteiger partial charge in [-0.1, -0.05) is 11.6 Å². The van der Waals surface area contributed by atoms with E-state index in [9.17, 15) is 0 Å². The lowest BCUT2D eigenvalue weighted by atomic mass is 10.0. The SMILES string of the molecule is Clc1nnc(N[C@@H]2CCCN(C3CCOC3)C2)c2cnccc12. The zero-order valence-electron chi connectivity index (χ0n) is 12.9. The second-order valence-corrected chi connectivity index (χ2v) is 6.61. The fourth-order valence-corrected chi connectivity index (χ4v) is 3.73. The molecule has 2 atom stereocenters. The molecular formula is C16H20ClN5O. The summed E-state index contributed by atoms with van der Waals surface area (Å²) in [6.45, 7) is 3.92. The summed E-state index contributed by atoms with van der Waals surface area (Å²) in [7, 11) is 0. The summed E-state index contributed by atoms with van der Waals surface area (Å²) in [6.07, 6.45) is 6.98. The van der Waals surface area contributed by atoms with Gasteiger partial charge in [-0.3, -0.25) is 9.88 Å². The number of hydrogen-bond donors (Lipinski definition) is 1. The van der Waals surface area contributed by atoms with E-state index in [4.69, 9.17) is 16.3 Å². The van der Waals surface area contributed by atoms with E-state index in [1.54, 1.807) is 12.4 Å². The number of piperidine rings is 1. The molecule has 1 N–H and O–H groups in total. The van der Waals surface area contributed by atoms with Crippen molar-refractivity contribution >= 4 is 28.2 Å². The minimum atomic E-state index is 0.364. The molecule has 2 aliphatic rings. The Hall–Kier alpha value is -1.50. The quantitative estimate of drug-likeness (QED) is 0.930. The highest BCUT2D eigenvalue weighted by molar-refractivity contribution is 6.34. The van der Waals surface area contributed by atoms with Crippen LogP contribution < -0.4 is 5.32 Å². The van der Waals surface area contributed by atoms with E-state index in [2.05, 4.69) is 25.4 Å². The Morgan fingerprint density at radius 3 is 3.09 bits per heavy atom. The fourth-order valence-electron chi connectivity index (χ4n) is 3.53. The molecule has 0 aromatic carbocycles. The number of pyridine rings is 1. The molecule has 0 radical (unpaired) electrons. The van der Waals surface area contributed by atoms with Gasteiger partial charge in [-0.15, -0.1) is 10.2 Å². The first-order valence-electron chi connectivity index (χ1n) is 8.15. The second-order valence-electron chi connectivity index (χ2n) is 6.26. The van der Waals surface area contributed by atoms with Gasteiger partial charge in [0.1, 0.15) is 0 Å². The predicted molar refractivity (Wildman–Crippen MR) is 89.8 cm³/mol. The van der Waals surface area contributed by atoms with Crippen LogP contribution in [0.2, 0.25) is 5.15 Å². The third-order valence-electron chi connectivity index (χ3n) is 4.75. The molecule has 0 saturated carbocycles. The summed E-state index contributed by atoms with van der Waals surface area (Å²) in [5.41, 5.74) is 0. The van der Waals surface area contributed by atoms with Crippen LogP contribution in [0.1, 0.15) is 19.3 Å². The molecule has 2 saturated heterocycles. The van der Waals surface area contributed by atoms with Crippen molar-refractivity contribution in [3.8, 4) is 0 Å². The third kappa shape index (κ3) is 3.11. The molecule has 0 aliphatic carbocycles. The first kappa shape index (κ1) is 15.1. The number of halogens is 1. The van der Waals surface area contributed by atoms with Crippen LogP contribution in [0, 0.1) is 0 Å². The summed E-state index contributed by atoms with van der Waals surface area (Å²) in [6, 6.07) is 2.80. The van der Waals surface area contributed by atoms with Crippen molar-refractivity contribution in [3.05, 3.63) is 23.6 Å². The van der Waals surface area contributed by atoms with E-state index in [0.29, 0.717) is 17.2 Å². The first-order valence-corrected chi connectivity index (χ1v) is 8.53. The van der Waals surface area contributed by atoms with Gasteiger partial charge < -0.3 is 10.1 Å². The van der Waals surface area contributed by atoms with E-state index in [1.807, 2.05) is 6.07 Å². The maximum atomic E-state index is 6.13. The van der Waals surface area contributed by atoms with Gasteiger partial charge >= 0.3 is 0 Å². The number of hydrogen-bond acceptors (Lipinski definition) is 6. The van der Waals surface area contributed by atoms with E-state index in [-0.39, 0.29) is 0 Å². The highest BCUT2D eigenvalue weighted by Gasteiger charge is 2.28. The van der Waals surface area contributed by atoms with Gasteiger partial charge in [0.15, 0.2) is 11.0 Å². The Morgan fingerprint density at radius 2 is 2.22 bits per heavy atom. The lowest BCUT2D eigenvalue weighted by Gasteiger charge is -2.36. The number of fused-ring (bicyclic) bond motifs is 1. The molecule has 2 aliphatic heterocycles. The van der Waals surface area contributed by atoms with Crippen LogP contribution in [0.4, 0.5) is 5.82 Å². The minimum Gasteiger partial charge on any atom is -0.380 e. The number of nitrogens with one attached hydrogen (secondary N) is 1. The second kappa shape index (κ2) is 6.55. The van der Waals surface area contributed by atoms with Gasteiger partial charge in [0.25, 0.3) is 0 Å². The van der Waals surface area contributed by atoms with Gasteiger partial charge in [0.05, 0.1) is 6.61 Å². The van der Waals surface area contributed by atoms with E-state index in [1.165, 1.54) is 6.42 Å². The molecule has 1 unspecified atom stereocenters. The number of likely N-dealkylation sites (tertiary alicyclic amines) is 1. The molecule has 0 bridgehead atoms. The smallest absolute Gasteiger partial charge is 0.159 e. The average Bonchev–Trinajstić information content (AvgIpc) is 3.13. The van der Waals surface area contributed by atoms with Crippen molar-refractivity contribution in [2.45, 2.75) is 31.3 Å². The molecule has 23 heavy (non-hydrogen) atoms. The summed E-state index contributed by atoms with van der Waals surface area (Å²) in [5.74, 6) is 0.770. The summed E-state index contributed by atoms with van der Waals surface area (Å²) in [5, 5.41) is 14.1. The number of anilines is 1. The normalized spacial score (nSPS) is 25.8. The molecule has 0 amide bonds. The van der Waals surface area contributed by atoms with Crippen LogP contribution in [-0.4, -0.2) is 58.5 Å². The molecule has 6 nitrogen and oxygen atoms in total. The zero-order valence-corrected chi connectivity index (χ0v) is 13.7. The fraction of sp³-hybridized carbons (Fsp3) is 0.562. The summed E-state index contributed by atoms with van der Waals surface area (Å²) < 4.78 is 5.53. The monoisotopic (exact) mass is 333 g/mol. The Balaban J connectivity index is 1.52. The van der Waals surface area contributed by atoms with Crippen molar-refractivity contribution in [2.24, 2.45) is 0 Å². The maximum Gasteiger partial charge on any atom is 0.159 e. The maximum absolute atomic E-state index is 6.13. The topological polar surface area (TPSA) is 63.2 Å². The average molecular weight is 334 g/mol. The van der Waals surface area contributed by atoms with Gasteiger partial charge in [-0.2, -0.15) is 0 Å². The summed E-state index contributed by atoms with van der Waals surface area (Å²) in [4.78, 5) is 6.73. The van der Waals surface area contributed by atoms with E-state index < -0.39 is 0 Å². The first-order chi connectivity index (χ1) is 11.3. The molecule has 2 aromatic rings. The van der Waals surface area contributed by atoms with Gasteiger partial charge in [-0.05, 0) is 31.9 Å². The number of aromatic nitrogens is 3. The van der Waals surface area contributed by atoms with Crippen molar-refractivity contribution in [2.75, 3.05) is 31.6 Å². The number of ether oxygens (including phenoxy) is 1. The molecule has 2 aromatic heterocycles. The van der Waals surface area contributed by atoms with Crippen LogP contribution in [0.3, 0.4) is 0 Å². The highest BCUT2D eigenvalue weighted by atomic mass is 35.5. The van der Waals surface area contributed by atoms with Crippen molar-refractivity contribution < 1.29 is 4.74 Å². The molecule has 4 rings (SSSR count). The Morgan fingerprint density at radius 1 is 1.26 bits per heavy atom. The number of rotatable bonds is 3. The molecule has 7 heteroatoms. The van der Waals surface area contributed by atoms with Crippen LogP contribution in [0.25, 0.3) is 10.8 Å². The standard InChI is InChI=1S/C16H20ClN5O/c17-15-13-3-5-18-8-14(13)16(21-20-15)19-11-2-1-6-22(9-11)12-4-7-23-10-12/h3,5,8,11-12H,1-2,4,6-7,9-10H2,(H,19,21)/t11-,12?/m1/s1. The van der Waals surface area contributed by atoms with Crippen LogP contribution >= 0.6 is 11.6 Å². The molecule has 122 valence electrons. The summed E-state index contributed by atoms with van der Waals surface area (Å²) >= 11 is 6.13. The van der Waals surface area contributed by atoms with Crippen LogP contribution in [-0.2, 0) is 4.74 Å². The predicted octanol–water partition coefficient (Wildman–Crippen LogP) is 2.34. The van der Waals surface area contributed by atoms with Gasteiger partial charge in [0.2, 0.25) is 0 Å². The highest BCUT2D eigenvalue weighted by Crippen LogP contribution is 2.27. The molecule has 4 heterocycles. The van der Waals surface area contributed by atoms with E-state index in [0.717, 1.165) is 55.7 Å². The van der Waals surface area contributed by atoms with E-state index >= 15 is 0 Å². The zero-order chi connectivity index (χ0) is 15.6. The molecular weight excluding hydrogens is 314 g/mol. The van der Waals surface area contributed by atoms with Crippen LogP contribution in [0.15, 0.2) is 18.5 Å². The van der Waals surface area contributed by atoms with Gasteiger partial charge in [-0.25, -0.2) is 0 Å². The van der Waals surface area contributed by atoms with Crippen molar-refractivity contribution in [1.29, 1.82) is 0 Å². The van der Waals surface area contributed by atoms with Crippen LogP contribution in [0.5, 0.6) is 0 Å².